The maximum atomic E-state index is 9.56. The van der Waals surface area contributed by atoms with Gasteiger partial charge < -0.3 is 10.0 Å². The fourth-order valence-corrected chi connectivity index (χ4v) is 2.96. The molecule has 0 spiro atoms. The molecule has 2 aromatic carbocycles. The quantitative estimate of drug-likeness (QED) is 0.916. The van der Waals surface area contributed by atoms with Crippen LogP contribution in [0.1, 0.15) is 36.5 Å². The number of aliphatic hydroxyl groups excluding tert-OH is 1. The van der Waals surface area contributed by atoms with Gasteiger partial charge in [0.25, 0.3) is 0 Å². The molecule has 1 aliphatic rings. The van der Waals surface area contributed by atoms with Crippen molar-refractivity contribution in [3.8, 4) is 0 Å². The van der Waals surface area contributed by atoms with E-state index in [-0.39, 0.29) is 6.10 Å². The van der Waals surface area contributed by atoms with Gasteiger partial charge in [0, 0.05) is 24.7 Å². The Kier molecular flexibility index (Phi) is 3.75. The molecule has 0 bridgehead atoms. The fraction of sp³-hybridized carbons (Fsp3) is 0.333. The normalized spacial score (nSPS) is 20.1. The van der Waals surface area contributed by atoms with Gasteiger partial charge in [0.2, 0.25) is 0 Å². The summed E-state index contributed by atoms with van der Waals surface area (Å²) in [6.45, 7) is 3.99. The summed E-state index contributed by atoms with van der Waals surface area (Å²) in [7, 11) is 0. The van der Waals surface area contributed by atoms with Crippen molar-refractivity contribution in [2.75, 3.05) is 18.0 Å². The molecule has 1 fully saturated rings. The topological polar surface area (TPSA) is 23.5 Å². The van der Waals surface area contributed by atoms with Crippen molar-refractivity contribution in [3.05, 3.63) is 65.7 Å². The van der Waals surface area contributed by atoms with E-state index >= 15 is 0 Å². The van der Waals surface area contributed by atoms with E-state index in [2.05, 4.69) is 47.4 Å². The van der Waals surface area contributed by atoms with Gasteiger partial charge in [0.15, 0.2) is 0 Å². The third-order valence-electron chi connectivity index (χ3n) is 4.20. The maximum Gasteiger partial charge on any atom is 0.0761 e. The van der Waals surface area contributed by atoms with Gasteiger partial charge in [-0.2, -0.15) is 0 Å². The second-order valence-corrected chi connectivity index (χ2v) is 5.61. The van der Waals surface area contributed by atoms with Crippen LogP contribution in [0.15, 0.2) is 54.6 Å². The van der Waals surface area contributed by atoms with Gasteiger partial charge in [-0.3, -0.25) is 0 Å². The molecule has 0 aliphatic carbocycles. The molecular formula is C18H21NO. The van der Waals surface area contributed by atoms with Gasteiger partial charge in [-0.05, 0) is 36.6 Å². The van der Waals surface area contributed by atoms with Gasteiger partial charge in [-0.1, -0.05) is 42.5 Å². The summed E-state index contributed by atoms with van der Waals surface area (Å²) in [4.78, 5) is 2.43. The molecule has 104 valence electrons. The first-order chi connectivity index (χ1) is 9.74. The number of hydrogen-bond donors (Lipinski definition) is 1. The Hall–Kier alpha value is -1.80. The van der Waals surface area contributed by atoms with Gasteiger partial charge in [0.05, 0.1) is 6.10 Å². The predicted molar refractivity (Wildman–Crippen MR) is 83.1 cm³/mol. The third-order valence-corrected chi connectivity index (χ3v) is 4.20. The molecule has 0 radical (unpaired) electrons. The highest BCUT2D eigenvalue weighted by molar-refractivity contribution is 5.49. The zero-order valence-corrected chi connectivity index (χ0v) is 11.9. The van der Waals surface area contributed by atoms with E-state index < -0.39 is 0 Å². The highest BCUT2D eigenvalue weighted by atomic mass is 16.3. The molecule has 1 aliphatic heterocycles. The monoisotopic (exact) mass is 267 g/mol. The average molecular weight is 267 g/mol. The van der Waals surface area contributed by atoms with E-state index in [9.17, 15) is 5.11 Å². The molecule has 2 atom stereocenters. The molecule has 0 aromatic heterocycles. The Morgan fingerprint density at radius 3 is 2.40 bits per heavy atom. The lowest BCUT2D eigenvalue weighted by Crippen LogP contribution is -2.19. The molecule has 0 saturated carbocycles. The van der Waals surface area contributed by atoms with Crippen LogP contribution in [0.25, 0.3) is 0 Å². The summed E-state index contributed by atoms with van der Waals surface area (Å²) in [5.74, 6) is 0.632. The van der Waals surface area contributed by atoms with Gasteiger partial charge >= 0.3 is 0 Å². The Balaban J connectivity index is 1.71. The van der Waals surface area contributed by atoms with Gasteiger partial charge in [-0.25, -0.2) is 0 Å². The molecule has 2 nitrogen and oxygen atoms in total. The first-order valence-corrected chi connectivity index (χ1v) is 7.32. The van der Waals surface area contributed by atoms with Crippen molar-refractivity contribution in [2.45, 2.75) is 25.4 Å². The maximum absolute atomic E-state index is 9.56. The van der Waals surface area contributed by atoms with Crippen LogP contribution in [0.5, 0.6) is 0 Å². The van der Waals surface area contributed by atoms with Crippen LogP contribution in [0, 0.1) is 0 Å². The summed E-state index contributed by atoms with van der Waals surface area (Å²) < 4.78 is 0. The lowest BCUT2D eigenvalue weighted by molar-refractivity contribution is 0.199. The van der Waals surface area contributed by atoms with Crippen LogP contribution in [0.2, 0.25) is 0 Å². The second-order valence-electron chi connectivity index (χ2n) is 5.61. The Labute approximate surface area is 120 Å². The average Bonchev–Trinajstić information content (AvgIpc) is 2.98. The van der Waals surface area contributed by atoms with Crippen LogP contribution in [-0.4, -0.2) is 18.2 Å². The van der Waals surface area contributed by atoms with E-state index in [0.717, 1.165) is 18.7 Å². The lowest BCUT2D eigenvalue weighted by atomic mass is 9.99. The highest BCUT2D eigenvalue weighted by Gasteiger charge is 2.23. The summed E-state index contributed by atoms with van der Waals surface area (Å²) in [5, 5.41) is 9.56. The van der Waals surface area contributed by atoms with Crippen molar-refractivity contribution >= 4 is 5.69 Å². The molecule has 20 heavy (non-hydrogen) atoms. The first-order valence-electron chi connectivity index (χ1n) is 7.32. The van der Waals surface area contributed by atoms with Gasteiger partial charge in [-0.15, -0.1) is 0 Å². The van der Waals surface area contributed by atoms with Crippen LogP contribution >= 0.6 is 0 Å². The van der Waals surface area contributed by atoms with Crippen molar-refractivity contribution < 1.29 is 5.11 Å². The smallest absolute Gasteiger partial charge is 0.0761 e. The van der Waals surface area contributed by atoms with Crippen molar-refractivity contribution in [1.82, 2.24) is 0 Å². The molecule has 1 heterocycles. The van der Waals surface area contributed by atoms with Gasteiger partial charge in [0.1, 0.15) is 0 Å². The summed E-state index contributed by atoms with van der Waals surface area (Å²) in [6.07, 6.45) is 0.821. The van der Waals surface area contributed by atoms with Crippen molar-refractivity contribution in [2.24, 2.45) is 0 Å². The van der Waals surface area contributed by atoms with Crippen LogP contribution in [0.4, 0.5) is 5.69 Å². The first kappa shape index (κ1) is 13.2. The minimum absolute atomic E-state index is 0.389. The zero-order chi connectivity index (χ0) is 13.9. The van der Waals surface area contributed by atoms with Crippen LogP contribution < -0.4 is 4.90 Å². The standard InChI is InChI=1S/C18H21NO/c1-14(20)15-7-9-18(10-8-15)19-12-11-17(13-19)16-5-3-2-4-6-16/h2-10,14,17,20H,11-13H2,1H3/t14-,17?/m1/s1. The molecule has 1 saturated heterocycles. The Morgan fingerprint density at radius 1 is 1.05 bits per heavy atom. The Morgan fingerprint density at radius 2 is 1.75 bits per heavy atom. The number of anilines is 1. The van der Waals surface area contributed by atoms with E-state index in [1.807, 2.05) is 12.1 Å². The minimum Gasteiger partial charge on any atom is -0.389 e. The lowest BCUT2D eigenvalue weighted by Gasteiger charge is -2.19. The number of aliphatic hydroxyl groups is 1. The zero-order valence-electron chi connectivity index (χ0n) is 11.9. The van der Waals surface area contributed by atoms with Crippen LogP contribution in [0.3, 0.4) is 0 Å². The molecule has 2 aromatic rings. The number of rotatable bonds is 3. The molecular weight excluding hydrogens is 246 g/mol. The second kappa shape index (κ2) is 5.68. The molecule has 2 heteroatoms. The number of benzene rings is 2. The van der Waals surface area contributed by atoms with E-state index in [1.54, 1.807) is 6.92 Å². The predicted octanol–water partition coefficient (Wildman–Crippen LogP) is 3.73. The minimum atomic E-state index is -0.389. The number of nitrogens with zero attached hydrogens (tertiary/aromatic N) is 1. The highest BCUT2D eigenvalue weighted by Crippen LogP contribution is 2.31. The third kappa shape index (κ3) is 2.70. The molecule has 1 unspecified atom stereocenters. The summed E-state index contributed by atoms with van der Waals surface area (Å²) >= 11 is 0. The molecule has 0 amide bonds. The summed E-state index contributed by atoms with van der Waals surface area (Å²) in [6, 6.07) is 19.1. The van der Waals surface area contributed by atoms with E-state index in [4.69, 9.17) is 0 Å². The molecule has 1 N–H and O–H groups in total. The Bertz CT molecular complexity index is 547. The van der Waals surface area contributed by atoms with Crippen molar-refractivity contribution in [3.63, 3.8) is 0 Å². The molecule has 3 rings (SSSR count). The fourth-order valence-electron chi connectivity index (χ4n) is 2.96. The summed E-state index contributed by atoms with van der Waals surface area (Å²) in [5.41, 5.74) is 3.68. The van der Waals surface area contributed by atoms with E-state index in [0.29, 0.717) is 5.92 Å². The number of hydrogen-bond acceptors (Lipinski definition) is 2. The van der Waals surface area contributed by atoms with Crippen LogP contribution in [-0.2, 0) is 0 Å². The SMILES string of the molecule is C[C@@H](O)c1ccc(N2CCC(c3ccccc3)C2)cc1. The van der Waals surface area contributed by atoms with Crippen molar-refractivity contribution in [1.29, 1.82) is 0 Å². The largest absolute Gasteiger partial charge is 0.389 e. The van der Waals surface area contributed by atoms with E-state index in [1.165, 1.54) is 17.7 Å².